The molecule has 2 aliphatic heterocycles. The average molecular weight is 332 g/mol. The minimum Gasteiger partial charge on any atom is -0.450 e. The molecule has 22 heavy (non-hydrogen) atoms. The molecular formula is C14H24N2O5S. The second-order valence-electron chi connectivity index (χ2n) is 5.87. The van der Waals surface area contributed by atoms with E-state index < -0.39 is 9.84 Å². The molecule has 126 valence electrons. The van der Waals surface area contributed by atoms with Gasteiger partial charge in [0.15, 0.2) is 0 Å². The zero-order valence-electron chi connectivity index (χ0n) is 13.0. The van der Waals surface area contributed by atoms with Crippen molar-refractivity contribution < 1.29 is 22.7 Å². The molecule has 0 aromatic carbocycles. The van der Waals surface area contributed by atoms with Crippen LogP contribution in [0.4, 0.5) is 4.79 Å². The number of hydrogen-bond acceptors (Lipinski definition) is 5. The first-order valence-electron chi connectivity index (χ1n) is 7.81. The number of sulfone groups is 1. The van der Waals surface area contributed by atoms with E-state index in [4.69, 9.17) is 4.74 Å². The van der Waals surface area contributed by atoms with Gasteiger partial charge in [-0.15, -0.1) is 0 Å². The number of carbonyl (C=O) groups excluding carboxylic acids is 2. The SMILES string of the molecule is CCOC(=O)N1CCN(C(=O)CC2CCS(=O)(=O)CC2)CC1. The van der Waals surface area contributed by atoms with Crippen LogP contribution in [0.2, 0.25) is 0 Å². The molecule has 0 saturated carbocycles. The molecule has 2 heterocycles. The third kappa shape index (κ3) is 4.59. The van der Waals surface area contributed by atoms with Crippen LogP contribution in [0.3, 0.4) is 0 Å². The van der Waals surface area contributed by atoms with Crippen LogP contribution >= 0.6 is 0 Å². The van der Waals surface area contributed by atoms with Gasteiger partial charge in [-0.2, -0.15) is 0 Å². The third-order valence-electron chi connectivity index (χ3n) is 4.30. The maximum absolute atomic E-state index is 12.3. The standard InChI is InChI=1S/C14H24N2O5S/c1-2-21-14(18)16-7-5-15(6-8-16)13(17)11-12-3-9-22(19,20)10-4-12/h12H,2-11H2,1H3. The highest BCUT2D eigenvalue weighted by atomic mass is 32.2. The Morgan fingerprint density at radius 1 is 1.05 bits per heavy atom. The number of piperazine rings is 1. The van der Waals surface area contributed by atoms with E-state index in [1.54, 1.807) is 16.7 Å². The minimum atomic E-state index is -2.88. The molecule has 2 rings (SSSR count). The highest BCUT2D eigenvalue weighted by Gasteiger charge is 2.29. The van der Waals surface area contributed by atoms with Crippen LogP contribution in [0.5, 0.6) is 0 Å². The van der Waals surface area contributed by atoms with Gasteiger partial charge in [0.2, 0.25) is 5.91 Å². The van der Waals surface area contributed by atoms with Crippen LogP contribution in [-0.4, -0.2) is 74.5 Å². The summed E-state index contributed by atoms with van der Waals surface area (Å²) in [5.74, 6) is 0.621. The predicted molar refractivity (Wildman–Crippen MR) is 81.2 cm³/mol. The lowest BCUT2D eigenvalue weighted by Crippen LogP contribution is -2.51. The molecule has 2 amide bonds. The van der Waals surface area contributed by atoms with Crippen molar-refractivity contribution in [2.75, 3.05) is 44.3 Å². The van der Waals surface area contributed by atoms with E-state index >= 15 is 0 Å². The number of amides is 2. The molecule has 7 nitrogen and oxygen atoms in total. The summed E-state index contributed by atoms with van der Waals surface area (Å²) in [5, 5.41) is 0. The van der Waals surface area contributed by atoms with Crippen LogP contribution in [0.1, 0.15) is 26.2 Å². The Morgan fingerprint density at radius 3 is 2.14 bits per heavy atom. The summed E-state index contributed by atoms with van der Waals surface area (Å²) in [5.41, 5.74) is 0. The lowest BCUT2D eigenvalue weighted by molar-refractivity contribution is -0.133. The van der Waals surface area contributed by atoms with Gasteiger partial charge in [-0.05, 0) is 25.7 Å². The quantitative estimate of drug-likeness (QED) is 0.751. The molecule has 2 fully saturated rings. The first-order valence-corrected chi connectivity index (χ1v) is 9.63. The van der Waals surface area contributed by atoms with Gasteiger partial charge in [0, 0.05) is 32.6 Å². The Kier molecular flexibility index (Phi) is 5.66. The predicted octanol–water partition coefficient (Wildman–Crippen LogP) is 0.502. The van der Waals surface area contributed by atoms with Crippen molar-refractivity contribution in [3.63, 3.8) is 0 Å². The summed E-state index contributed by atoms with van der Waals surface area (Å²) in [6, 6.07) is 0. The fourth-order valence-electron chi connectivity index (χ4n) is 2.87. The molecule has 2 aliphatic rings. The zero-order chi connectivity index (χ0) is 16.2. The van der Waals surface area contributed by atoms with Crippen molar-refractivity contribution in [3.05, 3.63) is 0 Å². The molecule has 0 N–H and O–H groups in total. The Labute approximate surface area is 131 Å². The van der Waals surface area contributed by atoms with E-state index in [-0.39, 0.29) is 29.4 Å². The van der Waals surface area contributed by atoms with E-state index in [1.165, 1.54) is 0 Å². The molecular weight excluding hydrogens is 308 g/mol. The molecule has 0 aliphatic carbocycles. The van der Waals surface area contributed by atoms with Gasteiger partial charge in [0.1, 0.15) is 9.84 Å². The van der Waals surface area contributed by atoms with Crippen molar-refractivity contribution >= 4 is 21.8 Å². The lowest BCUT2D eigenvalue weighted by atomic mass is 9.98. The highest BCUT2D eigenvalue weighted by molar-refractivity contribution is 7.91. The minimum absolute atomic E-state index is 0.0628. The van der Waals surface area contributed by atoms with Gasteiger partial charge < -0.3 is 14.5 Å². The van der Waals surface area contributed by atoms with Crippen LogP contribution < -0.4 is 0 Å². The van der Waals surface area contributed by atoms with Crippen molar-refractivity contribution in [1.82, 2.24) is 9.80 Å². The number of carbonyl (C=O) groups is 2. The van der Waals surface area contributed by atoms with Crippen LogP contribution in [0.25, 0.3) is 0 Å². The summed E-state index contributed by atoms with van der Waals surface area (Å²) in [6.07, 6.45) is 1.25. The molecule has 0 bridgehead atoms. The van der Waals surface area contributed by atoms with E-state index in [9.17, 15) is 18.0 Å². The molecule has 8 heteroatoms. The van der Waals surface area contributed by atoms with Gasteiger partial charge in [-0.25, -0.2) is 13.2 Å². The van der Waals surface area contributed by atoms with Crippen molar-refractivity contribution in [2.45, 2.75) is 26.2 Å². The summed E-state index contributed by atoms with van der Waals surface area (Å²) >= 11 is 0. The smallest absolute Gasteiger partial charge is 0.409 e. The van der Waals surface area contributed by atoms with Crippen molar-refractivity contribution in [1.29, 1.82) is 0 Å². The Bertz CT molecular complexity index is 497. The van der Waals surface area contributed by atoms with Gasteiger partial charge in [0.25, 0.3) is 0 Å². The number of hydrogen-bond donors (Lipinski definition) is 0. The zero-order valence-corrected chi connectivity index (χ0v) is 13.8. The lowest BCUT2D eigenvalue weighted by Gasteiger charge is -2.35. The fraction of sp³-hybridized carbons (Fsp3) is 0.857. The van der Waals surface area contributed by atoms with Gasteiger partial charge in [0.05, 0.1) is 18.1 Å². The van der Waals surface area contributed by atoms with Crippen molar-refractivity contribution in [3.8, 4) is 0 Å². The summed E-state index contributed by atoms with van der Waals surface area (Å²) < 4.78 is 27.7. The average Bonchev–Trinajstić information content (AvgIpc) is 2.50. The molecule has 0 aromatic rings. The monoisotopic (exact) mass is 332 g/mol. The van der Waals surface area contributed by atoms with E-state index in [0.29, 0.717) is 52.0 Å². The van der Waals surface area contributed by atoms with Crippen LogP contribution in [0, 0.1) is 5.92 Å². The second-order valence-corrected chi connectivity index (χ2v) is 8.17. The van der Waals surface area contributed by atoms with Crippen molar-refractivity contribution in [2.24, 2.45) is 5.92 Å². The third-order valence-corrected chi connectivity index (χ3v) is 6.01. The number of ether oxygens (including phenoxy) is 1. The first kappa shape index (κ1) is 17.1. The van der Waals surface area contributed by atoms with E-state index in [1.807, 2.05) is 0 Å². The first-order chi connectivity index (χ1) is 10.4. The normalized spacial score (nSPS) is 22.4. The molecule has 0 spiro atoms. The molecule has 0 unspecified atom stereocenters. The molecule has 0 atom stereocenters. The van der Waals surface area contributed by atoms with Gasteiger partial charge >= 0.3 is 6.09 Å². The largest absolute Gasteiger partial charge is 0.450 e. The van der Waals surface area contributed by atoms with Gasteiger partial charge in [-0.1, -0.05) is 0 Å². The Morgan fingerprint density at radius 2 is 1.59 bits per heavy atom. The topological polar surface area (TPSA) is 84.0 Å². The summed E-state index contributed by atoms with van der Waals surface area (Å²) in [7, 11) is -2.88. The molecule has 0 aromatic heterocycles. The molecule has 0 radical (unpaired) electrons. The number of nitrogens with zero attached hydrogens (tertiary/aromatic N) is 2. The van der Waals surface area contributed by atoms with Gasteiger partial charge in [-0.3, -0.25) is 4.79 Å². The maximum Gasteiger partial charge on any atom is 0.409 e. The van der Waals surface area contributed by atoms with E-state index in [2.05, 4.69) is 0 Å². The molecule has 2 saturated heterocycles. The highest BCUT2D eigenvalue weighted by Crippen LogP contribution is 2.23. The van der Waals surface area contributed by atoms with E-state index in [0.717, 1.165) is 0 Å². The Balaban J connectivity index is 1.75. The maximum atomic E-state index is 12.3. The second kappa shape index (κ2) is 7.30. The van der Waals surface area contributed by atoms with Crippen LogP contribution in [-0.2, 0) is 19.4 Å². The van der Waals surface area contributed by atoms with Crippen LogP contribution in [0.15, 0.2) is 0 Å². The Hall–Kier alpha value is -1.31. The summed E-state index contributed by atoms with van der Waals surface area (Å²) in [4.78, 5) is 27.2. The fourth-order valence-corrected chi connectivity index (χ4v) is 4.46. The number of rotatable bonds is 3. The summed E-state index contributed by atoms with van der Waals surface area (Å²) in [6.45, 7) is 4.13.